The molecule has 2 aromatic heterocycles. The highest BCUT2D eigenvalue weighted by atomic mass is 16.5. The molecule has 9 nitrogen and oxygen atoms in total. The summed E-state index contributed by atoms with van der Waals surface area (Å²) in [6, 6.07) is -0.267. The fraction of sp³-hybridized carbons (Fsp3) is 0.417. The van der Waals surface area contributed by atoms with E-state index in [1.165, 1.54) is 11.7 Å². The smallest absolute Gasteiger partial charge is 0.330 e. The van der Waals surface area contributed by atoms with Gasteiger partial charge in [0.1, 0.15) is 17.3 Å². The maximum absolute atomic E-state index is 11.9. The number of rotatable bonds is 6. The number of anilines is 2. The first-order valence-corrected chi connectivity index (χ1v) is 6.42. The molecule has 2 rings (SSSR count). The summed E-state index contributed by atoms with van der Waals surface area (Å²) in [5, 5.41) is 2.96. The van der Waals surface area contributed by atoms with E-state index >= 15 is 0 Å². The van der Waals surface area contributed by atoms with E-state index in [9.17, 15) is 9.59 Å². The minimum absolute atomic E-state index is 0.0687. The average Bonchev–Trinajstić information content (AvgIpc) is 2.97. The Morgan fingerprint density at radius 3 is 2.90 bits per heavy atom. The zero-order chi connectivity index (χ0) is 15.4. The fourth-order valence-corrected chi connectivity index (χ4v) is 1.93. The zero-order valence-corrected chi connectivity index (χ0v) is 11.8. The van der Waals surface area contributed by atoms with Crippen LogP contribution in [-0.2, 0) is 11.3 Å². The van der Waals surface area contributed by atoms with Crippen molar-refractivity contribution in [1.29, 1.82) is 0 Å². The Labute approximate surface area is 120 Å². The van der Waals surface area contributed by atoms with Crippen LogP contribution in [0.25, 0.3) is 0 Å². The van der Waals surface area contributed by atoms with Crippen LogP contribution < -0.4 is 22.3 Å². The van der Waals surface area contributed by atoms with Crippen LogP contribution in [0.1, 0.15) is 18.8 Å². The number of nitrogens with zero attached hydrogens (tertiary/aromatic N) is 2. The Morgan fingerprint density at radius 2 is 2.29 bits per heavy atom. The van der Waals surface area contributed by atoms with Gasteiger partial charge >= 0.3 is 5.69 Å². The molecule has 2 aromatic rings. The van der Waals surface area contributed by atoms with Gasteiger partial charge < -0.3 is 20.8 Å². The van der Waals surface area contributed by atoms with Gasteiger partial charge in [0.15, 0.2) is 0 Å². The van der Waals surface area contributed by atoms with Crippen molar-refractivity contribution in [2.75, 3.05) is 24.8 Å². The molecular weight excluding hydrogens is 276 g/mol. The summed E-state index contributed by atoms with van der Waals surface area (Å²) in [6.45, 7) is 2.38. The Balaban J connectivity index is 2.34. The van der Waals surface area contributed by atoms with Gasteiger partial charge in [-0.2, -0.15) is 0 Å². The predicted octanol–water partition coefficient (Wildman–Crippen LogP) is -0.339. The minimum atomic E-state index is -0.565. The molecule has 0 bridgehead atoms. The monoisotopic (exact) mass is 294 g/mol. The van der Waals surface area contributed by atoms with Crippen LogP contribution in [-0.4, -0.2) is 33.2 Å². The van der Waals surface area contributed by atoms with Gasteiger partial charge in [0.25, 0.3) is 5.56 Å². The average molecular weight is 294 g/mol. The number of nitrogen functional groups attached to an aromatic ring is 1. The van der Waals surface area contributed by atoms with Crippen molar-refractivity contribution in [3.8, 4) is 0 Å². The molecule has 9 heteroatoms. The molecule has 114 valence electrons. The second-order valence-corrected chi connectivity index (χ2v) is 4.50. The molecule has 5 N–H and O–H groups in total. The van der Waals surface area contributed by atoms with Gasteiger partial charge in [0.05, 0.1) is 19.2 Å². The SMILES string of the molecule is COCCn1c(N)c(NC(C)c2ncc[nH]2)c(=O)[nH]c1=O. The van der Waals surface area contributed by atoms with E-state index in [-0.39, 0.29) is 24.1 Å². The van der Waals surface area contributed by atoms with Gasteiger partial charge in [-0.05, 0) is 6.92 Å². The lowest BCUT2D eigenvalue weighted by Gasteiger charge is -2.16. The maximum atomic E-state index is 11.9. The van der Waals surface area contributed by atoms with Crippen molar-refractivity contribution in [2.24, 2.45) is 0 Å². The van der Waals surface area contributed by atoms with Gasteiger partial charge in [0.2, 0.25) is 0 Å². The molecule has 0 saturated carbocycles. The van der Waals surface area contributed by atoms with E-state index in [2.05, 4.69) is 20.3 Å². The van der Waals surface area contributed by atoms with E-state index in [4.69, 9.17) is 10.5 Å². The summed E-state index contributed by atoms with van der Waals surface area (Å²) < 4.78 is 6.18. The molecular formula is C12H18N6O3. The molecule has 0 radical (unpaired) electrons. The quantitative estimate of drug-likeness (QED) is 0.576. The van der Waals surface area contributed by atoms with Gasteiger partial charge in [-0.1, -0.05) is 0 Å². The van der Waals surface area contributed by atoms with Gasteiger partial charge in [-0.15, -0.1) is 0 Å². The molecule has 2 heterocycles. The van der Waals surface area contributed by atoms with Crippen molar-refractivity contribution in [2.45, 2.75) is 19.5 Å². The highest BCUT2D eigenvalue weighted by Gasteiger charge is 2.16. The van der Waals surface area contributed by atoms with E-state index in [0.29, 0.717) is 12.4 Å². The molecule has 21 heavy (non-hydrogen) atoms. The molecule has 0 aliphatic heterocycles. The Hall–Kier alpha value is -2.55. The molecule has 0 fully saturated rings. The number of hydrogen-bond donors (Lipinski definition) is 4. The van der Waals surface area contributed by atoms with Crippen LogP contribution in [0.15, 0.2) is 22.0 Å². The summed E-state index contributed by atoms with van der Waals surface area (Å²) >= 11 is 0. The number of nitrogens with one attached hydrogen (secondary N) is 3. The maximum Gasteiger partial charge on any atom is 0.330 e. The van der Waals surface area contributed by atoms with Crippen molar-refractivity contribution >= 4 is 11.5 Å². The van der Waals surface area contributed by atoms with Crippen molar-refractivity contribution in [3.05, 3.63) is 39.1 Å². The topological polar surface area (TPSA) is 131 Å². The molecule has 0 saturated heterocycles. The summed E-state index contributed by atoms with van der Waals surface area (Å²) in [7, 11) is 1.52. The Kier molecular flexibility index (Phi) is 4.43. The van der Waals surface area contributed by atoms with Crippen molar-refractivity contribution < 1.29 is 4.74 Å². The molecule has 1 unspecified atom stereocenters. The van der Waals surface area contributed by atoms with Gasteiger partial charge in [-0.3, -0.25) is 14.3 Å². The molecule has 0 aliphatic rings. The first kappa shape index (κ1) is 14.9. The molecule has 1 atom stereocenters. The lowest BCUT2D eigenvalue weighted by Crippen LogP contribution is -2.35. The van der Waals surface area contributed by atoms with E-state index < -0.39 is 11.2 Å². The third-order valence-electron chi connectivity index (χ3n) is 3.05. The summed E-state index contributed by atoms with van der Waals surface area (Å²) in [5.74, 6) is 0.725. The first-order chi connectivity index (χ1) is 10.0. The number of nitrogens with two attached hydrogens (primary N) is 1. The highest BCUT2D eigenvalue weighted by Crippen LogP contribution is 2.17. The third-order valence-corrected chi connectivity index (χ3v) is 3.05. The molecule has 0 aliphatic carbocycles. The van der Waals surface area contributed by atoms with Gasteiger partial charge in [0, 0.05) is 19.5 Å². The predicted molar refractivity (Wildman–Crippen MR) is 78.2 cm³/mol. The second kappa shape index (κ2) is 6.27. The normalized spacial score (nSPS) is 12.3. The van der Waals surface area contributed by atoms with E-state index in [1.54, 1.807) is 12.4 Å². The zero-order valence-electron chi connectivity index (χ0n) is 11.8. The number of ether oxygens (including phenoxy) is 1. The lowest BCUT2D eigenvalue weighted by atomic mass is 10.3. The van der Waals surface area contributed by atoms with E-state index in [1.807, 2.05) is 6.92 Å². The van der Waals surface area contributed by atoms with Crippen LogP contribution in [0.2, 0.25) is 0 Å². The number of aromatic amines is 2. The van der Waals surface area contributed by atoms with Crippen LogP contribution in [0.5, 0.6) is 0 Å². The summed E-state index contributed by atoms with van der Waals surface area (Å²) in [5.41, 5.74) is 4.93. The van der Waals surface area contributed by atoms with Crippen molar-refractivity contribution in [3.63, 3.8) is 0 Å². The second-order valence-electron chi connectivity index (χ2n) is 4.50. The van der Waals surface area contributed by atoms with Crippen molar-refractivity contribution in [1.82, 2.24) is 19.5 Å². The van der Waals surface area contributed by atoms with Crippen LogP contribution in [0.3, 0.4) is 0 Å². The third kappa shape index (κ3) is 3.14. The largest absolute Gasteiger partial charge is 0.383 e. The number of imidazole rings is 1. The number of hydrogen-bond acceptors (Lipinski definition) is 6. The standard InChI is InChI=1S/C12H18N6O3/c1-7(10-14-3-4-15-10)16-8-9(13)18(5-6-21-2)12(20)17-11(8)19/h3-4,7,16H,5-6,13H2,1-2H3,(H,14,15)(H,17,19,20). The van der Waals surface area contributed by atoms with Gasteiger partial charge in [-0.25, -0.2) is 9.78 Å². The van der Waals surface area contributed by atoms with Crippen LogP contribution >= 0.6 is 0 Å². The molecule has 0 spiro atoms. The summed E-state index contributed by atoms with van der Waals surface area (Å²) in [6.07, 6.45) is 3.29. The van der Waals surface area contributed by atoms with Crippen LogP contribution in [0, 0.1) is 0 Å². The minimum Gasteiger partial charge on any atom is -0.383 e. The number of aromatic nitrogens is 4. The first-order valence-electron chi connectivity index (χ1n) is 6.42. The number of methoxy groups -OCH3 is 1. The van der Waals surface area contributed by atoms with Crippen LogP contribution in [0.4, 0.5) is 11.5 Å². The molecule has 0 amide bonds. The lowest BCUT2D eigenvalue weighted by molar-refractivity contribution is 0.186. The van der Waals surface area contributed by atoms with E-state index in [0.717, 1.165) is 0 Å². The Morgan fingerprint density at radius 1 is 1.52 bits per heavy atom. The number of H-pyrrole nitrogens is 2. The summed E-state index contributed by atoms with van der Waals surface area (Å²) in [4.78, 5) is 33.0. The Bertz CT molecular complexity index is 703. The molecule has 0 aromatic carbocycles. The highest BCUT2D eigenvalue weighted by molar-refractivity contribution is 5.61. The fourth-order valence-electron chi connectivity index (χ4n) is 1.93.